The molecule has 4 rings (SSSR count). The molecule has 0 amide bonds. The number of hydrogen-bond donors (Lipinski definition) is 2. The van der Waals surface area contributed by atoms with Gasteiger partial charge in [-0.25, -0.2) is 9.82 Å². The molecular formula is C22H18ClFN8O3. The van der Waals surface area contributed by atoms with E-state index in [1.165, 1.54) is 30.5 Å². The zero-order valence-corrected chi connectivity index (χ0v) is 19.2. The summed E-state index contributed by atoms with van der Waals surface area (Å²) in [6.45, 7) is 0. The van der Waals surface area contributed by atoms with Crippen molar-refractivity contribution in [3.05, 3.63) is 81.3 Å². The van der Waals surface area contributed by atoms with Gasteiger partial charge in [-0.05, 0) is 48.5 Å². The van der Waals surface area contributed by atoms with Gasteiger partial charge in [0.2, 0.25) is 17.8 Å². The van der Waals surface area contributed by atoms with Crippen LogP contribution in [0.5, 0.6) is 0 Å². The van der Waals surface area contributed by atoms with Gasteiger partial charge in [-0.15, -0.1) is 0 Å². The zero-order valence-electron chi connectivity index (χ0n) is 18.4. The topological polar surface area (TPSA) is 135 Å². The Bertz CT molecular complexity index is 1390. The van der Waals surface area contributed by atoms with Crippen molar-refractivity contribution in [2.45, 2.75) is 0 Å². The molecule has 0 saturated heterocycles. The molecule has 2 aromatic heterocycles. The van der Waals surface area contributed by atoms with E-state index < -0.39 is 4.92 Å². The highest BCUT2D eigenvalue weighted by Gasteiger charge is 2.15. The summed E-state index contributed by atoms with van der Waals surface area (Å²) in [5.41, 5.74) is 3.60. The molecule has 0 radical (unpaired) electrons. The third-order valence-corrected chi connectivity index (χ3v) is 4.85. The summed E-state index contributed by atoms with van der Waals surface area (Å²) in [5.74, 6) is 1.20. The summed E-state index contributed by atoms with van der Waals surface area (Å²) in [6.07, 6.45) is 1.40. The Hall–Kier alpha value is -4.58. The quantitative estimate of drug-likeness (QED) is 0.194. The van der Waals surface area contributed by atoms with Crippen molar-refractivity contribution >= 4 is 47.0 Å². The second-order valence-electron chi connectivity index (χ2n) is 7.30. The van der Waals surface area contributed by atoms with E-state index in [4.69, 9.17) is 16.0 Å². The molecule has 0 fully saturated rings. The number of nitro benzene ring substituents is 1. The van der Waals surface area contributed by atoms with Gasteiger partial charge in [0.05, 0.1) is 11.1 Å². The fraction of sp³-hybridized carbons (Fsp3) is 0.0909. The van der Waals surface area contributed by atoms with Gasteiger partial charge >= 0.3 is 0 Å². The lowest BCUT2D eigenvalue weighted by Gasteiger charge is -2.13. The van der Waals surface area contributed by atoms with Crippen molar-refractivity contribution in [1.82, 2.24) is 15.0 Å². The van der Waals surface area contributed by atoms with Crippen LogP contribution in [0.4, 0.5) is 33.6 Å². The number of anilines is 4. The summed E-state index contributed by atoms with van der Waals surface area (Å²) >= 11 is 5.86. The number of furan rings is 1. The van der Waals surface area contributed by atoms with Crippen LogP contribution < -0.4 is 15.6 Å². The molecule has 0 unspecified atom stereocenters. The molecular weight excluding hydrogens is 479 g/mol. The van der Waals surface area contributed by atoms with Gasteiger partial charge in [0.15, 0.2) is 0 Å². The number of halogens is 2. The van der Waals surface area contributed by atoms with Crippen LogP contribution in [0.3, 0.4) is 0 Å². The van der Waals surface area contributed by atoms with Crippen molar-refractivity contribution in [3.63, 3.8) is 0 Å². The van der Waals surface area contributed by atoms with Gasteiger partial charge in [-0.1, -0.05) is 11.6 Å². The Labute approximate surface area is 203 Å². The van der Waals surface area contributed by atoms with Crippen molar-refractivity contribution < 1.29 is 13.7 Å². The third-order valence-electron chi connectivity index (χ3n) is 4.53. The minimum Gasteiger partial charge on any atom is -0.455 e. The number of hydrazone groups is 1. The molecule has 0 saturated carbocycles. The average Bonchev–Trinajstić information content (AvgIpc) is 3.29. The van der Waals surface area contributed by atoms with Gasteiger partial charge in [0.1, 0.15) is 22.4 Å². The van der Waals surface area contributed by atoms with E-state index in [-0.39, 0.29) is 28.4 Å². The van der Waals surface area contributed by atoms with Crippen molar-refractivity contribution in [3.8, 4) is 11.3 Å². The second-order valence-corrected chi connectivity index (χ2v) is 7.71. The Morgan fingerprint density at radius 2 is 1.83 bits per heavy atom. The molecule has 2 aromatic carbocycles. The molecule has 11 nitrogen and oxygen atoms in total. The standard InChI is InChI=1S/C22H18ClFN8O3/c1-31(2)22-28-20(26-15-6-4-14(24)5-7-15)27-21(29-22)30-25-12-16-8-10-19(35-16)13-3-9-17(23)18(11-13)32(33)34/h3-12H,1-2H3,(H2,26,27,28,29,30)/b25-12-. The van der Waals surface area contributed by atoms with Gasteiger partial charge in [-0.3, -0.25) is 10.1 Å². The van der Waals surface area contributed by atoms with Gasteiger partial charge in [-0.2, -0.15) is 20.1 Å². The molecule has 2 N–H and O–H groups in total. The summed E-state index contributed by atoms with van der Waals surface area (Å²) in [5, 5.41) is 18.2. The molecule has 13 heteroatoms. The van der Waals surface area contributed by atoms with Crippen molar-refractivity contribution in [1.29, 1.82) is 0 Å². The Balaban J connectivity index is 1.50. The second kappa shape index (κ2) is 10.1. The average molecular weight is 497 g/mol. The number of benzene rings is 2. The van der Waals surface area contributed by atoms with E-state index in [0.29, 0.717) is 28.7 Å². The van der Waals surface area contributed by atoms with Crippen LogP contribution in [0, 0.1) is 15.9 Å². The lowest BCUT2D eigenvalue weighted by molar-refractivity contribution is -0.384. The molecule has 0 bridgehead atoms. The van der Waals surface area contributed by atoms with Crippen LogP contribution >= 0.6 is 11.6 Å². The monoisotopic (exact) mass is 496 g/mol. The first-order valence-electron chi connectivity index (χ1n) is 10.1. The van der Waals surface area contributed by atoms with Crippen LogP contribution in [0.15, 0.2) is 64.1 Å². The van der Waals surface area contributed by atoms with E-state index in [1.54, 1.807) is 49.3 Å². The van der Waals surface area contributed by atoms with Crippen LogP contribution in [-0.2, 0) is 0 Å². The van der Waals surface area contributed by atoms with Crippen LogP contribution in [0.25, 0.3) is 11.3 Å². The molecule has 35 heavy (non-hydrogen) atoms. The van der Waals surface area contributed by atoms with E-state index in [2.05, 4.69) is 30.8 Å². The molecule has 178 valence electrons. The van der Waals surface area contributed by atoms with Crippen LogP contribution in [-0.4, -0.2) is 40.2 Å². The highest BCUT2D eigenvalue weighted by molar-refractivity contribution is 6.32. The highest BCUT2D eigenvalue weighted by atomic mass is 35.5. The maximum atomic E-state index is 13.2. The summed E-state index contributed by atoms with van der Waals surface area (Å²) in [4.78, 5) is 25.1. The number of nitrogens with zero attached hydrogens (tertiary/aromatic N) is 6. The summed E-state index contributed by atoms with van der Waals surface area (Å²) in [7, 11) is 3.55. The predicted octanol–water partition coefficient (Wildman–Crippen LogP) is 5.09. The molecule has 2 heterocycles. The largest absolute Gasteiger partial charge is 0.455 e. The first kappa shape index (κ1) is 23.6. The van der Waals surface area contributed by atoms with Crippen LogP contribution in [0.2, 0.25) is 5.02 Å². The Kier molecular flexibility index (Phi) is 6.83. The van der Waals surface area contributed by atoms with E-state index in [1.807, 2.05) is 0 Å². The first-order valence-corrected chi connectivity index (χ1v) is 10.5. The fourth-order valence-corrected chi connectivity index (χ4v) is 3.06. The number of rotatable bonds is 8. The number of aromatic nitrogens is 3. The first-order chi connectivity index (χ1) is 16.8. The summed E-state index contributed by atoms with van der Waals surface area (Å²) < 4.78 is 18.9. The van der Waals surface area contributed by atoms with Crippen molar-refractivity contribution in [2.75, 3.05) is 29.7 Å². The van der Waals surface area contributed by atoms with Gasteiger partial charge in [0.25, 0.3) is 5.69 Å². The molecule has 0 aliphatic rings. The van der Waals surface area contributed by atoms with Crippen molar-refractivity contribution in [2.24, 2.45) is 5.10 Å². The van der Waals surface area contributed by atoms with Gasteiger partial charge in [0, 0.05) is 31.4 Å². The fourth-order valence-electron chi connectivity index (χ4n) is 2.87. The number of nitrogens with one attached hydrogen (secondary N) is 2. The molecule has 0 aliphatic heterocycles. The lowest BCUT2D eigenvalue weighted by atomic mass is 10.1. The molecule has 0 aliphatic carbocycles. The number of hydrogen-bond acceptors (Lipinski definition) is 10. The highest BCUT2D eigenvalue weighted by Crippen LogP contribution is 2.31. The molecule has 0 spiro atoms. The van der Waals surface area contributed by atoms with E-state index >= 15 is 0 Å². The maximum absolute atomic E-state index is 13.2. The normalized spacial score (nSPS) is 11.0. The third kappa shape index (κ3) is 5.86. The van der Waals surface area contributed by atoms with E-state index in [9.17, 15) is 14.5 Å². The molecule has 0 atom stereocenters. The minimum absolute atomic E-state index is 0.0408. The zero-order chi connectivity index (χ0) is 24.9. The predicted molar refractivity (Wildman–Crippen MR) is 131 cm³/mol. The lowest BCUT2D eigenvalue weighted by Crippen LogP contribution is -2.15. The van der Waals surface area contributed by atoms with Crippen LogP contribution in [0.1, 0.15) is 5.76 Å². The number of nitro groups is 1. The maximum Gasteiger partial charge on any atom is 0.288 e. The SMILES string of the molecule is CN(C)c1nc(N/N=C\c2ccc(-c3ccc(Cl)c([N+](=O)[O-])c3)o2)nc(Nc2ccc(F)cc2)n1. The summed E-state index contributed by atoms with van der Waals surface area (Å²) in [6, 6.07) is 13.5. The molecule has 4 aromatic rings. The Morgan fingerprint density at radius 1 is 1.09 bits per heavy atom. The smallest absolute Gasteiger partial charge is 0.288 e. The Morgan fingerprint density at radius 3 is 2.54 bits per heavy atom. The van der Waals surface area contributed by atoms with Gasteiger partial charge < -0.3 is 14.6 Å². The minimum atomic E-state index is -0.559. The van der Waals surface area contributed by atoms with E-state index in [0.717, 1.165) is 0 Å².